The summed E-state index contributed by atoms with van der Waals surface area (Å²) < 4.78 is 0. The summed E-state index contributed by atoms with van der Waals surface area (Å²) in [6.45, 7) is 7.92. The molecule has 0 saturated heterocycles. The lowest BCUT2D eigenvalue weighted by molar-refractivity contribution is 0.164. The van der Waals surface area contributed by atoms with Gasteiger partial charge in [-0.2, -0.15) is 0 Å². The second-order valence-electron chi connectivity index (χ2n) is 3.50. The van der Waals surface area contributed by atoms with Gasteiger partial charge in [0.15, 0.2) is 0 Å². The predicted molar refractivity (Wildman–Crippen MR) is 61.3 cm³/mol. The van der Waals surface area contributed by atoms with Crippen LogP contribution in [0.3, 0.4) is 0 Å². The Morgan fingerprint density at radius 2 is 2.43 bits per heavy atom. The summed E-state index contributed by atoms with van der Waals surface area (Å²) in [5, 5.41) is 10.6. The fourth-order valence-corrected chi connectivity index (χ4v) is 2.02. The fourth-order valence-electron chi connectivity index (χ4n) is 1.16. The van der Waals surface area contributed by atoms with Crippen LogP contribution >= 0.6 is 11.3 Å². The minimum absolute atomic E-state index is 0.395. The van der Waals surface area contributed by atoms with Crippen LogP contribution in [0, 0.1) is 0 Å². The van der Waals surface area contributed by atoms with E-state index < -0.39 is 6.10 Å². The lowest BCUT2D eigenvalue weighted by atomic mass is 10.2. The van der Waals surface area contributed by atoms with Crippen LogP contribution in [0.2, 0.25) is 0 Å². The molecular formula is C11H17NOS. The molecule has 0 amide bonds. The second-order valence-corrected chi connectivity index (χ2v) is 4.56. The Kier molecular flexibility index (Phi) is 4.29. The number of aliphatic hydroxyl groups excluding tert-OH is 1. The van der Waals surface area contributed by atoms with Crippen molar-refractivity contribution in [2.45, 2.75) is 39.2 Å². The molecule has 1 heterocycles. The maximum Gasteiger partial charge on any atom is 0.122 e. The smallest absolute Gasteiger partial charge is 0.122 e. The number of aromatic nitrogens is 1. The molecule has 0 spiro atoms. The maximum atomic E-state index is 9.76. The van der Waals surface area contributed by atoms with Gasteiger partial charge in [0.05, 0.1) is 0 Å². The zero-order chi connectivity index (χ0) is 10.6. The van der Waals surface area contributed by atoms with E-state index >= 15 is 0 Å². The van der Waals surface area contributed by atoms with E-state index in [1.807, 2.05) is 6.92 Å². The molecule has 0 bridgehead atoms. The van der Waals surface area contributed by atoms with Crippen LogP contribution in [0.15, 0.2) is 12.8 Å². The highest BCUT2D eigenvalue weighted by Gasteiger charge is 2.11. The molecule has 1 unspecified atom stereocenters. The Morgan fingerprint density at radius 3 is 2.93 bits per heavy atom. The van der Waals surface area contributed by atoms with Gasteiger partial charge in [0.2, 0.25) is 0 Å². The molecule has 0 aliphatic rings. The first-order chi connectivity index (χ1) is 6.65. The van der Waals surface area contributed by atoms with E-state index in [2.05, 4.69) is 18.5 Å². The number of allylic oxidation sites excluding steroid dienone is 1. The van der Waals surface area contributed by atoms with E-state index in [0.717, 1.165) is 34.7 Å². The third-order valence-electron chi connectivity index (χ3n) is 2.06. The first kappa shape index (κ1) is 11.4. The van der Waals surface area contributed by atoms with Crippen LogP contribution in [0.4, 0.5) is 0 Å². The summed E-state index contributed by atoms with van der Waals surface area (Å²) in [6, 6.07) is 0. The number of nitrogens with zero attached hydrogens (tertiary/aromatic N) is 1. The number of thiazole rings is 1. The minimum Gasteiger partial charge on any atom is -0.386 e. The highest BCUT2D eigenvalue weighted by atomic mass is 32.1. The largest absolute Gasteiger partial charge is 0.386 e. The molecule has 1 rings (SSSR count). The molecule has 0 aliphatic heterocycles. The van der Waals surface area contributed by atoms with Gasteiger partial charge in [-0.15, -0.1) is 11.3 Å². The van der Waals surface area contributed by atoms with Crippen molar-refractivity contribution in [2.75, 3.05) is 0 Å². The van der Waals surface area contributed by atoms with Crippen molar-refractivity contribution in [1.82, 2.24) is 4.98 Å². The summed E-state index contributed by atoms with van der Waals surface area (Å²) >= 11 is 1.54. The van der Waals surface area contributed by atoms with Gasteiger partial charge in [-0.1, -0.05) is 26.3 Å². The first-order valence-electron chi connectivity index (χ1n) is 4.94. The standard InChI is InChI=1S/C11H17NOS/c1-4-5-6-9(13)11-12-7-10(14-11)8(2)3/h7,9,13H,2,4-6H2,1,3H3. The Hall–Kier alpha value is -0.670. The van der Waals surface area contributed by atoms with Crippen LogP contribution in [-0.2, 0) is 0 Å². The van der Waals surface area contributed by atoms with Gasteiger partial charge >= 0.3 is 0 Å². The third-order valence-corrected chi connectivity index (χ3v) is 3.32. The SMILES string of the molecule is C=C(C)c1cnc(C(O)CCCC)s1. The Balaban J connectivity index is 2.61. The summed E-state index contributed by atoms with van der Waals surface area (Å²) in [5.41, 5.74) is 1.01. The second kappa shape index (κ2) is 5.27. The van der Waals surface area contributed by atoms with E-state index in [4.69, 9.17) is 0 Å². The monoisotopic (exact) mass is 211 g/mol. The number of aliphatic hydroxyl groups is 1. The maximum absolute atomic E-state index is 9.76. The molecule has 1 aromatic heterocycles. The minimum atomic E-state index is -0.395. The van der Waals surface area contributed by atoms with Crippen molar-refractivity contribution >= 4 is 16.9 Å². The molecule has 1 N–H and O–H groups in total. The van der Waals surface area contributed by atoms with E-state index in [1.165, 1.54) is 11.3 Å². The van der Waals surface area contributed by atoms with Crippen molar-refractivity contribution in [3.63, 3.8) is 0 Å². The van der Waals surface area contributed by atoms with Crippen molar-refractivity contribution in [1.29, 1.82) is 0 Å². The van der Waals surface area contributed by atoms with Gasteiger partial charge in [0.1, 0.15) is 11.1 Å². The average molecular weight is 211 g/mol. The summed E-state index contributed by atoms with van der Waals surface area (Å²) in [4.78, 5) is 5.26. The molecule has 78 valence electrons. The van der Waals surface area contributed by atoms with Crippen molar-refractivity contribution in [3.8, 4) is 0 Å². The fraction of sp³-hybridized carbons (Fsp3) is 0.545. The van der Waals surface area contributed by atoms with E-state index in [9.17, 15) is 5.11 Å². The Labute approximate surface area is 89.3 Å². The van der Waals surface area contributed by atoms with Crippen LogP contribution in [0.1, 0.15) is 49.1 Å². The number of hydrogen-bond donors (Lipinski definition) is 1. The molecule has 14 heavy (non-hydrogen) atoms. The third kappa shape index (κ3) is 2.93. The molecule has 0 aromatic carbocycles. The molecular weight excluding hydrogens is 194 g/mol. The number of hydrogen-bond acceptors (Lipinski definition) is 3. The van der Waals surface area contributed by atoms with Crippen LogP contribution in [0.5, 0.6) is 0 Å². The average Bonchev–Trinajstić information content (AvgIpc) is 2.62. The summed E-state index contributed by atoms with van der Waals surface area (Å²) in [6.07, 6.45) is 4.35. The Bertz CT molecular complexity index is 306. The van der Waals surface area contributed by atoms with Crippen molar-refractivity contribution in [3.05, 3.63) is 22.7 Å². The topological polar surface area (TPSA) is 33.1 Å². The highest BCUT2D eigenvalue weighted by molar-refractivity contribution is 7.12. The van der Waals surface area contributed by atoms with Gasteiger partial charge in [-0.05, 0) is 18.9 Å². The van der Waals surface area contributed by atoms with Gasteiger partial charge < -0.3 is 5.11 Å². The van der Waals surface area contributed by atoms with Gasteiger partial charge in [0, 0.05) is 11.1 Å². The summed E-state index contributed by atoms with van der Waals surface area (Å²) in [7, 11) is 0. The highest BCUT2D eigenvalue weighted by Crippen LogP contribution is 2.27. The molecule has 0 radical (unpaired) electrons. The zero-order valence-corrected chi connectivity index (χ0v) is 9.60. The molecule has 0 aliphatic carbocycles. The van der Waals surface area contributed by atoms with Gasteiger partial charge in [0.25, 0.3) is 0 Å². The number of unbranched alkanes of at least 4 members (excludes halogenated alkanes) is 1. The lowest BCUT2D eigenvalue weighted by Gasteiger charge is -2.04. The van der Waals surface area contributed by atoms with Gasteiger partial charge in [-0.3, -0.25) is 0 Å². The summed E-state index contributed by atoms with van der Waals surface area (Å²) in [5.74, 6) is 0. The van der Waals surface area contributed by atoms with Crippen molar-refractivity contribution in [2.24, 2.45) is 0 Å². The molecule has 0 fully saturated rings. The van der Waals surface area contributed by atoms with Crippen LogP contribution in [0.25, 0.3) is 5.57 Å². The van der Waals surface area contributed by atoms with E-state index in [-0.39, 0.29) is 0 Å². The molecule has 1 aromatic rings. The van der Waals surface area contributed by atoms with E-state index in [1.54, 1.807) is 6.20 Å². The van der Waals surface area contributed by atoms with E-state index in [0.29, 0.717) is 0 Å². The van der Waals surface area contributed by atoms with Crippen LogP contribution in [-0.4, -0.2) is 10.1 Å². The predicted octanol–water partition coefficient (Wildman–Crippen LogP) is 3.40. The molecule has 1 atom stereocenters. The quantitative estimate of drug-likeness (QED) is 0.809. The normalized spacial score (nSPS) is 12.8. The zero-order valence-electron chi connectivity index (χ0n) is 8.79. The molecule has 2 nitrogen and oxygen atoms in total. The van der Waals surface area contributed by atoms with Gasteiger partial charge in [-0.25, -0.2) is 4.98 Å². The molecule has 3 heteroatoms. The van der Waals surface area contributed by atoms with Crippen LogP contribution < -0.4 is 0 Å². The lowest BCUT2D eigenvalue weighted by Crippen LogP contribution is -1.95. The first-order valence-corrected chi connectivity index (χ1v) is 5.76. The van der Waals surface area contributed by atoms with Crippen molar-refractivity contribution < 1.29 is 5.11 Å². The number of rotatable bonds is 5. The molecule has 0 saturated carbocycles. The Morgan fingerprint density at radius 1 is 1.71 bits per heavy atom.